The van der Waals surface area contributed by atoms with Crippen LogP contribution >= 0.6 is 11.3 Å². The summed E-state index contributed by atoms with van der Waals surface area (Å²) in [5, 5.41) is 2.04. The molecular weight excluding hydrogens is 246 g/mol. The van der Waals surface area contributed by atoms with Crippen LogP contribution in [0.25, 0.3) is 0 Å². The Kier molecular flexibility index (Phi) is 6.32. The van der Waals surface area contributed by atoms with Gasteiger partial charge in [0.05, 0.1) is 6.54 Å². The minimum Gasteiger partial charge on any atom is -0.336 e. The lowest BCUT2D eigenvalue weighted by atomic mass is 10.2. The van der Waals surface area contributed by atoms with Gasteiger partial charge in [0.1, 0.15) is 0 Å². The number of nitrogens with zero attached hydrogens (tertiary/aromatic N) is 2. The Bertz CT molecular complexity index is 349. The summed E-state index contributed by atoms with van der Waals surface area (Å²) in [5.41, 5.74) is 5.71. The monoisotopic (exact) mass is 269 g/mol. The van der Waals surface area contributed by atoms with E-state index in [9.17, 15) is 4.79 Å². The fraction of sp³-hybridized carbons (Fsp3) is 0.615. The maximum atomic E-state index is 12.1. The summed E-state index contributed by atoms with van der Waals surface area (Å²) < 4.78 is 0. The standard InChI is InChI=1S/C13H23N3OS/c1-11(14)9-13(17)16(7-6-15(2)3)10-12-5-4-8-18-12/h4-5,8,11H,6-7,9-10,14H2,1-3H3. The summed E-state index contributed by atoms with van der Waals surface area (Å²) in [6.07, 6.45) is 0.415. The van der Waals surface area contributed by atoms with Crippen LogP contribution in [0, 0.1) is 0 Å². The molecule has 102 valence electrons. The van der Waals surface area contributed by atoms with Crippen molar-refractivity contribution in [2.45, 2.75) is 25.9 Å². The zero-order valence-corrected chi connectivity index (χ0v) is 12.2. The van der Waals surface area contributed by atoms with E-state index in [1.807, 2.05) is 37.4 Å². The average Bonchev–Trinajstić information content (AvgIpc) is 2.75. The molecule has 1 unspecified atom stereocenters. The van der Waals surface area contributed by atoms with Crippen LogP contribution in [-0.4, -0.2) is 48.9 Å². The summed E-state index contributed by atoms with van der Waals surface area (Å²) in [6.45, 7) is 4.18. The van der Waals surface area contributed by atoms with Crippen LogP contribution in [0.2, 0.25) is 0 Å². The summed E-state index contributed by atoms with van der Waals surface area (Å²) >= 11 is 1.68. The largest absolute Gasteiger partial charge is 0.336 e. The van der Waals surface area contributed by atoms with E-state index >= 15 is 0 Å². The minimum atomic E-state index is -0.0808. The third-order valence-corrected chi connectivity index (χ3v) is 3.45. The first-order valence-electron chi connectivity index (χ1n) is 6.19. The number of carbonyl (C=O) groups excluding carboxylic acids is 1. The van der Waals surface area contributed by atoms with Crippen molar-refractivity contribution in [2.24, 2.45) is 5.73 Å². The van der Waals surface area contributed by atoms with E-state index in [1.165, 1.54) is 4.88 Å². The molecule has 0 saturated carbocycles. The molecule has 1 atom stereocenters. The van der Waals surface area contributed by atoms with Gasteiger partial charge in [-0.25, -0.2) is 0 Å². The SMILES string of the molecule is CC(N)CC(=O)N(CCN(C)C)Cc1cccs1. The molecule has 0 aliphatic carbocycles. The second-order valence-corrected chi connectivity index (χ2v) is 5.91. The Balaban J connectivity index is 2.59. The van der Waals surface area contributed by atoms with Gasteiger partial charge in [-0.05, 0) is 32.5 Å². The second-order valence-electron chi connectivity index (χ2n) is 4.88. The zero-order valence-electron chi connectivity index (χ0n) is 11.4. The molecule has 0 saturated heterocycles. The summed E-state index contributed by atoms with van der Waals surface area (Å²) in [7, 11) is 4.03. The van der Waals surface area contributed by atoms with Gasteiger partial charge in [0, 0.05) is 30.4 Å². The van der Waals surface area contributed by atoms with Gasteiger partial charge in [0.15, 0.2) is 0 Å². The minimum absolute atomic E-state index is 0.0808. The third kappa shape index (κ3) is 5.62. The lowest BCUT2D eigenvalue weighted by molar-refractivity contribution is -0.132. The van der Waals surface area contributed by atoms with Gasteiger partial charge < -0.3 is 15.5 Å². The number of nitrogens with two attached hydrogens (primary N) is 1. The molecule has 0 aliphatic rings. The number of rotatable bonds is 7. The third-order valence-electron chi connectivity index (χ3n) is 2.59. The maximum absolute atomic E-state index is 12.1. The molecule has 1 aromatic rings. The smallest absolute Gasteiger partial charge is 0.224 e. The van der Waals surface area contributed by atoms with Crippen molar-refractivity contribution in [3.63, 3.8) is 0 Å². The highest BCUT2D eigenvalue weighted by atomic mass is 32.1. The number of amides is 1. The van der Waals surface area contributed by atoms with Crippen LogP contribution in [-0.2, 0) is 11.3 Å². The van der Waals surface area contributed by atoms with Gasteiger partial charge in [-0.2, -0.15) is 0 Å². The Morgan fingerprint density at radius 2 is 2.17 bits per heavy atom. The van der Waals surface area contributed by atoms with E-state index in [0.29, 0.717) is 13.0 Å². The second kappa shape index (κ2) is 7.51. The molecule has 0 aliphatic heterocycles. The molecule has 0 fully saturated rings. The number of hydrogen-bond acceptors (Lipinski definition) is 4. The maximum Gasteiger partial charge on any atom is 0.224 e. The Labute approximate surface area is 113 Å². The van der Waals surface area contributed by atoms with E-state index < -0.39 is 0 Å². The molecule has 0 bridgehead atoms. The van der Waals surface area contributed by atoms with Gasteiger partial charge >= 0.3 is 0 Å². The fourth-order valence-corrected chi connectivity index (χ4v) is 2.33. The Hall–Kier alpha value is -0.910. The van der Waals surface area contributed by atoms with Crippen molar-refractivity contribution in [1.82, 2.24) is 9.80 Å². The van der Waals surface area contributed by atoms with Gasteiger partial charge in [-0.1, -0.05) is 6.07 Å². The predicted molar refractivity (Wildman–Crippen MR) is 76.6 cm³/mol. The molecule has 1 heterocycles. The first-order valence-corrected chi connectivity index (χ1v) is 7.07. The van der Waals surface area contributed by atoms with Crippen molar-refractivity contribution in [3.05, 3.63) is 22.4 Å². The summed E-state index contributed by atoms with van der Waals surface area (Å²) in [6, 6.07) is 4.00. The summed E-state index contributed by atoms with van der Waals surface area (Å²) in [5.74, 6) is 0.139. The molecule has 18 heavy (non-hydrogen) atoms. The van der Waals surface area contributed by atoms with Crippen molar-refractivity contribution in [1.29, 1.82) is 0 Å². The highest BCUT2D eigenvalue weighted by Crippen LogP contribution is 2.13. The fourth-order valence-electron chi connectivity index (χ4n) is 1.61. The number of thiophene rings is 1. The van der Waals surface area contributed by atoms with Gasteiger partial charge in [0.2, 0.25) is 5.91 Å². The van der Waals surface area contributed by atoms with Crippen LogP contribution in [0.1, 0.15) is 18.2 Å². The highest BCUT2D eigenvalue weighted by Gasteiger charge is 2.15. The van der Waals surface area contributed by atoms with Crippen molar-refractivity contribution in [2.75, 3.05) is 27.2 Å². The first-order chi connectivity index (χ1) is 8.49. The van der Waals surface area contributed by atoms with Crippen LogP contribution in [0.5, 0.6) is 0 Å². The van der Waals surface area contributed by atoms with Gasteiger partial charge in [-0.15, -0.1) is 11.3 Å². The van der Waals surface area contributed by atoms with Crippen LogP contribution in [0.4, 0.5) is 0 Å². The summed E-state index contributed by atoms with van der Waals surface area (Å²) in [4.78, 5) is 17.3. The molecule has 1 aromatic heterocycles. The van der Waals surface area contributed by atoms with Gasteiger partial charge in [-0.3, -0.25) is 4.79 Å². The van der Waals surface area contributed by atoms with E-state index in [0.717, 1.165) is 13.1 Å². The molecule has 5 heteroatoms. The molecule has 0 aromatic carbocycles. The van der Waals surface area contributed by atoms with E-state index in [2.05, 4.69) is 11.0 Å². The first kappa shape index (κ1) is 15.1. The number of carbonyl (C=O) groups is 1. The Morgan fingerprint density at radius 3 is 2.67 bits per heavy atom. The number of likely N-dealkylation sites (N-methyl/N-ethyl adjacent to an activating group) is 1. The van der Waals surface area contributed by atoms with E-state index in [4.69, 9.17) is 5.73 Å². The highest BCUT2D eigenvalue weighted by molar-refractivity contribution is 7.09. The molecular formula is C13H23N3OS. The van der Waals surface area contributed by atoms with Crippen LogP contribution < -0.4 is 5.73 Å². The molecule has 1 amide bonds. The molecule has 4 nitrogen and oxygen atoms in total. The van der Waals surface area contributed by atoms with E-state index in [-0.39, 0.29) is 11.9 Å². The number of hydrogen-bond donors (Lipinski definition) is 1. The van der Waals surface area contributed by atoms with Gasteiger partial charge in [0.25, 0.3) is 0 Å². The quantitative estimate of drug-likeness (QED) is 0.813. The van der Waals surface area contributed by atoms with Crippen molar-refractivity contribution in [3.8, 4) is 0 Å². The topological polar surface area (TPSA) is 49.6 Å². The lowest BCUT2D eigenvalue weighted by Gasteiger charge is -2.24. The molecule has 2 N–H and O–H groups in total. The molecule has 0 radical (unpaired) electrons. The average molecular weight is 269 g/mol. The predicted octanol–water partition coefficient (Wildman–Crippen LogP) is 1.38. The molecule has 0 spiro atoms. The lowest BCUT2D eigenvalue weighted by Crippen LogP contribution is -2.38. The van der Waals surface area contributed by atoms with Crippen LogP contribution in [0.15, 0.2) is 17.5 Å². The van der Waals surface area contributed by atoms with Crippen LogP contribution in [0.3, 0.4) is 0 Å². The Morgan fingerprint density at radius 1 is 1.44 bits per heavy atom. The normalized spacial score (nSPS) is 12.7. The van der Waals surface area contributed by atoms with Crippen molar-refractivity contribution >= 4 is 17.2 Å². The van der Waals surface area contributed by atoms with Crippen molar-refractivity contribution < 1.29 is 4.79 Å². The molecule has 1 rings (SSSR count). The zero-order chi connectivity index (χ0) is 13.5. The van der Waals surface area contributed by atoms with E-state index in [1.54, 1.807) is 11.3 Å².